The first-order valence-electron chi connectivity index (χ1n) is 9.26. The van der Waals surface area contributed by atoms with Gasteiger partial charge in [-0.2, -0.15) is 0 Å². The Labute approximate surface area is 185 Å². The Morgan fingerprint density at radius 1 is 0.967 bits per heavy atom. The maximum atomic E-state index is 12.8. The van der Waals surface area contributed by atoms with Crippen LogP contribution in [0.5, 0.6) is 5.75 Å². The lowest BCUT2D eigenvalue weighted by atomic mass is 10.1. The lowest BCUT2D eigenvalue weighted by Crippen LogP contribution is -2.28. The van der Waals surface area contributed by atoms with Crippen molar-refractivity contribution < 1.29 is 14.3 Å². The molecule has 2 amide bonds. The van der Waals surface area contributed by atoms with Crippen molar-refractivity contribution in [3.8, 4) is 5.75 Å². The zero-order valence-corrected chi connectivity index (χ0v) is 17.7. The molecule has 7 heteroatoms. The second-order valence-electron chi connectivity index (χ2n) is 6.56. The summed E-state index contributed by atoms with van der Waals surface area (Å²) in [7, 11) is 0. The SMILES string of the molecule is C[C@H](NC(=O)c1ccccc1NC(=O)COc1ccc(Cl)cc1Cl)c1ccccc1. The number of hydrogen-bond acceptors (Lipinski definition) is 3. The number of carbonyl (C=O) groups excluding carboxylic acids is 2. The molecular formula is C23H20Cl2N2O3. The summed E-state index contributed by atoms with van der Waals surface area (Å²) in [6, 6.07) is 21.0. The maximum Gasteiger partial charge on any atom is 0.262 e. The van der Waals surface area contributed by atoms with Gasteiger partial charge in [-0.05, 0) is 42.8 Å². The van der Waals surface area contributed by atoms with Gasteiger partial charge in [0.2, 0.25) is 0 Å². The van der Waals surface area contributed by atoms with Gasteiger partial charge in [0.25, 0.3) is 11.8 Å². The smallest absolute Gasteiger partial charge is 0.262 e. The van der Waals surface area contributed by atoms with Crippen molar-refractivity contribution in [1.29, 1.82) is 0 Å². The third-order valence-corrected chi connectivity index (χ3v) is 4.88. The monoisotopic (exact) mass is 442 g/mol. The van der Waals surface area contributed by atoms with E-state index in [0.717, 1.165) is 5.56 Å². The third kappa shape index (κ3) is 5.75. The van der Waals surface area contributed by atoms with Gasteiger partial charge in [-0.1, -0.05) is 65.7 Å². The standard InChI is InChI=1S/C23H20Cl2N2O3/c1-15(16-7-3-2-4-8-16)26-23(29)18-9-5-6-10-20(18)27-22(28)14-30-21-12-11-17(24)13-19(21)25/h2-13,15H,14H2,1H3,(H,26,29)(H,27,28)/t15-/m0/s1. The van der Waals surface area contributed by atoms with Crippen LogP contribution in [-0.2, 0) is 4.79 Å². The molecule has 0 saturated heterocycles. The van der Waals surface area contributed by atoms with E-state index in [2.05, 4.69) is 10.6 Å². The molecule has 0 aliphatic carbocycles. The normalized spacial score (nSPS) is 11.4. The van der Waals surface area contributed by atoms with Gasteiger partial charge in [0, 0.05) is 5.02 Å². The van der Waals surface area contributed by atoms with E-state index in [1.54, 1.807) is 36.4 Å². The van der Waals surface area contributed by atoms with Gasteiger partial charge in [0.15, 0.2) is 6.61 Å². The Morgan fingerprint density at radius 3 is 2.40 bits per heavy atom. The molecule has 5 nitrogen and oxygen atoms in total. The van der Waals surface area contributed by atoms with Crippen molar-refractivity contribution >= 4 is 40.7 Å². The van der Waals surface area contributed by atoms with Gasteiger partial charge in [-0.3, -0.25) is 9.59 Å². The van der Waals surface area contributed by atoms with Crippen LogP contribution in [0.4, 0.5) is 5.69 Å². The first-order valence-corrected chi connectivity index (χ1v) is 10.0. The van der Waals surface area contributed by atoms with Crippen LogP contribution in [-0.4, -0.2) is 18.4 Å². The molecule has 0 heterocycles. The summed E-state index contributed by atoms with van der Waals surface area (Å²) in [6.07, 6.45) is 0. The van der Waals surface area contributed by atoms with Crippen LogP contribution in [0.3, 0.4) is 0 Å². The number of para-hydroxylation sites is 1. The minimum atomic E-state index is -0.419. The Morgan fingerprint density at radius 2 is 1.67 bits per heavy atom. The third-order valence-electron chi connectivity index (χ3n) is 4.35. The number of nitrogens with one attached hydrogen (secondary N) is 2. The number of rotatable bonds is 7. The summed E-state index contributed by atoms with van der Waals surface area (Å²) in [4.78, 5) is 25.1. The average molecular weight is 443 g/mol. The zero-order valence-electron chi connectivity index (χ0n) is 16.2. The number of benzene rings is 3. The average Bonchev–Trinajstić information content (AvgIpc) is 2.74. The molecule has 0 aliphatic heterocycles. The minimum Gasteiger partial charge on any atom is -0.482 e. The molecule has 154 valence electrons. The molecule has 0 unspecified atom stereocenters. The van der Waals surface area contributed by atoms with E-state index in [1.165, 1.54) is 6.07 Å². The quantitative estimate of drug-likeness (QED) is 0.507. The number of ether oxygens (including phenoxy) is 1. The van der Waals surface area contributed by atoms with Crippen molar-refractivity contribution in [3.63, 3.8) is 0 Å². The maximum absolute atomic E-state index is 12.8. The largest absolute Gasteiger partial charge is 0.482 e. The number of carbonyl (C=O) groups is 2. The van der Waals surface area contributed by atoms with E-state index < -0.39 is 5.91 Å². The molecule has 0 aromatic heterocycles. The summed E-state index contributed by atoms with van der Waals surface area (Å²) in [5.41, 5.74) is 1.74. The zero-order chi connectivity index (χ0) is 21.5. The number of anilines is 1. The van der Waals surface area contributed by atoms with E-state index in [0.29, 0.717) is 27.0 Å². The topological polar surface area (TPSA) is 67.4 Å². The number of amides is 2. The van der Waals surface area contributed by atoms with E-state index in [-0.39, 0.29) is 18.6 Å². The summed E-state index contributed by atoms with van der Waals surface area (Å²) in [6.45, 7) is 1.63. The summed E-state index contributed by atoms with van der Waals surface area (Å²) in [5.74, 6) is -0.361. The molecule has 0 bridgehead atoms. The molecule has 3 aromatic rings. The molecule has 3 rings (SSSR count). The van der Waals surface area contributed by atoms with Crippen LogP contribution in [0.25, 0.3) is 0 Å². The second kappa shape index (κ2) is 10.1. The highest BCUT2D eigenvalue weighted by Crippen LogP contribution is 2.27. The second-order valence-corrected chi connectivity index (χ2v) is 7.41. The van der Waals surface area contributed by atoms with Gasteiger partial charge < -0.3 is 15.4 Å². The van der Waals surface area contributed by atoms with Gasteiger partial charge in [-0.25, -0.2) is 0 Å². The van der Waals surface area contributed by atoms with E-state index in [1.807, 2.05) is 37.3 Å². The highest BCUT2D eigenvalue weighted by Gasteiger charge is 2.16. The predicted octanol–water partition coefficient (Wildman–Crippen LogP) is 5.50. The van der Waals surface area contributed by atoms with Crippen LogP contribution in [0.15, 0.2) is 72.8 Å². The molecule has 0 radical (unpaired) electrons. The predicted molar refractivity (Wildman–Crippen MR) is 119 cm³/mol. The summed E-state index contributed by atoms with van der Waals surface area (Å²) < 4.78 is 5.45. The van der Waals surface area contributed by atoms with Gasteiger partial charge >= 0.3 is 0 Å². The molecule has 0 fully saturated rings. The van der Waals surface area contributed by atoms with Crippen molar-refractivity contribution in [2.45, 2.75) is 13.0 Å². The first-order chi connectivity index (χ1) is 14.4. The summed E-state index contributed by atoms with van der Waals surface area (Å²) >= 11 is 11.9. The van der Waals surface area contributed by atoms with Crippen molar-refractivity contribution in [3.05, 3.63) is 94.0 Å². The van der Waals surface area contributed by atoms with Gasteiger partial charge in [0.1, 0.15) is 5.75 Å². The van der Waals surface area contributed by atoms with Crippen LogP contribution in [0.1, 0.15) is 28.9 Å². The van der Waals surface area contributed by atoms with Crippen molar-refractivity contribution in [2.24, 2.45) is 0 Å². The van der Waals surface area contributed by atoms with Crippen LogP contribution in [0, 0.1) is 0 Å². The number of halogens is 2. The number of hydrogen-bond donors (Lipinski definition) is 2. The first kappa shape index (κ1) is 21.7. The fraction of sp³-hybridized carbons (Fsp3) is 0.130. The summed E-state index contributed by atoms with van der Waals surface area (Å²) in [5, 5.41) is 6.44. The Balaban J connectivity index is 1.64. The van der Waals surface area contributed by atoms with Crippen molar-refractivity contribution in [2.75, 3.05) is 11.9 Å². The molecule has 30 heavy (non-hydrogen) atoms. The lowest BCUT2D eigenvalue weighted by Gasteiger charge is -2.16. The Hall–Kier alpha value is -3.02. The van der Waals surface area contributed by atoms with Crippen LogP contribution >= 0.6 is 23.2 Å². The van der Waals surface area contributed by atoms with E-state index >= 15 is 0 Å². The molecular weight excluding hydrogens is 423 g/mol. The van der Waals surface area contributed by atoms with Crippen LogP contribution < -0.4 is 15.4 Å². The fourth-order valence-electron chi connectivity index (χ4n) is 2.81. The Kier molecular flexibility index (Phi) is 7.33. The Bertz CT molecular complexity index is 1040. The molecule has 0 aliphatic rings. The molecule has 3 aromatic carbocycles. The molecule has 0 saturated carbocycles. The van der Waals surface area contributed by atoms with Gasteiger partial charge in [-0.15, -0.1) is 0 Å². The highest BCUT2D eigenvalue weighted by atomic mass is 35.5. The van der Waals surface area contributed by atoms with E-state index in [9.17, 15) is 9.59 Å². The molecule has 1 atom stereocenters. The fourth-order valence-corrected chi connectivity index (χ4v) is 3.27. The van der Waals surface area contributed by atoms with E-state index in [4.69, 9.17) is 27.9 Å². The van der Waals surface area contributed by atoms with Crippen molar-refractivity contribution in [1.82, 2.24) is 5.32 Å². The minimum absolute atomic E-state index is 0.183. The van der Waals surface area contributed by atoms with Crippen LogP contribution in [0.2, 0.25) is 10.0 Å². The lowest BCUT2D eigenvalue weighted by molar-refractivity contribution is -0.118. The highest BCUT2D eigenvalue weighted by molar-refractivity contribution is 6.35. The van der Waals surface area contributed by atoms with Gasteiger partial charge in [0.05, 0.1) is 22.3 Å². The molecule has 2 N–H and O–H groups in total. The molecule has 0 spiro atoms.